The van der Waals surface area contributed by atoms with Gasteiger partial charge in [-0.2, -0.15) is 0 Å². The van der Waals surface area contributed by atoms with Crippen LogP contribution in [0.5, 0.6) is 5.75 Å². The van der Waals surface area contributed by atoms with Gasteiger partial charge in [-0.15, -0.1) is 0 Å². The Kier molecular flexibility index (Phi) is 4.67. The molecule has 0 N–H and O–H groups in total. The van der Waals surface area contributed by atoms with Gasteiger partial charge in [0.2, 0.25) is 0 Å². The van der Waals surface area contributed by atoms with Gasteiger partial charge < -0.3 is 9.47 Å². The van der Waals surface area contributed by atoms with E-state index in [2.05, 4.69) is 0 Å². The van der Waals surface area contributed by atoms with Gasteiger partial charge in [-0.1, -0.05) is 24.3 Å². The van der Waals surface area contributed by atoms with Crippen LogP contribution in [0.3, 0.4) is 0 Å². The first-order valence-corrected chi connectivity index (χ1v) is 9.64. The molecule has 2 aromatic carbocycles. The predicted molar refractivity (Wildman–Crippen MR) is 92.2 cm³/mol. The SMILES string of the molecule is COc1ccc(CN2C(=O)OC[C@H]2c2ccc(S(C)(=O)=O)cc2)cc1. The summed E-state index contributed by atoms with van der Waals surface area (Å²) >= 11 is 0. The van der Waals surface area contributed by atoms with Crippen LogP contribution in [0.25, 0.3) is 0 Å². The molecule has 0 aromatic heterocycles. The number of rotatable bonds is 5. The van der Waals surface area contributed by atoms with Crippen molar-refractivity contribution in [3.05, 3.63) is 59.7 Å². The van der Waals surface area contributed by atoms with Crippen molar-refractivity contribution in [1.82, 2.24) is 4.90 Å². The first-order chi connectivity index (χ1) is 11.9. The molecule has 0 radical (unpaired) electrons. The van der Waals surface area contributed by atoms with Crippen molar-refractivity contribution in [3.63, 3.8) is 0 Å². The molecule has 132 valence electrons. The number of hydrogen-bond donors (Lipinski definition) is 0. The van der Waals surface area contributed by atoms with Gasteiger partial charge in [0.05, 0.1) is 18.0 Å². The monoisotopic (exact) mass is 361 g/mol. The highest BCUT2D eigenvalue weighted by Gasteiger charge is 2.34. The third-order valence-electron chi connectivity index (χ3n) is 4.18. The Hall–Kier alpha value is -2.54. The van der Waals surface area contributed by atoms with Crippen LogP contribution >= 0.6 is 0 Å². The fourth-order valence-corrected chi connectivity index (χ4v) is 3.40. The molecule has 25 heavy (non-hydrogen) atoms. The molecule has 1 aliphatic heterocycles. The van der Waals surface area contributed by atoms with Crippen molar-refractivity contribution in [1.29, 1.82) is 0 Å². The van der Waals surface area contributed by atoms with E-state index < -0.39 is 9.84 Å². The van der Waals surface area contributed by atoms with E-state index in [9.17, 15) is 13.2 Å². The van der Waals surface area contributed by atoms with Gasteiger partial charge in [0.25, 0.3) is 0 Å². The number of nitrogens with zero attached hydrogens (tertiary/aromatic N) is 1. The number of carbonyl (C=O) groups is 1. The third-order valence-corrected chi connectivity index (χ3v) is 5.31. The lowest BCUT2D eigenvalue weighted by Crippen LogP contribution is -2.27. The molecule has 1 heterocycles. The molecule has 0 spiro atoms. The van der Waals surface area contributed by atoms with Crippen molar-refractivity contribution >= 4 is 15.9 Å². The van der Waals surface area contributed by atoms with Crippen molar-refractivity contribution in [2.45, 2.75) is 17.5 Å². The zero-order valence-electron chi connectivity index (χ0n) is 14.0. The Morgan fingerprint density at radius 1 is 1.12 bits per heavy atom. The number of sulfone groups is 1. The summed E-state index contributed by atoms with van der Waals surface area (Å²) in [5.41, 5.74) is 1.80. The molecule has 2 aromatic rings. The minimum absolute atomic E-state index is 0.243. The van der Waals surface area contributed by atoms with Crippen LogP contribution in [0.4, 0.5) is 4.79 Å². The molecule has 6 nitrogen and oxygen atoms in total. The quantitative estimate of drug-likeness (QED) is 0.819. The Labute approximate surface area is 146 Å². The minimum atomic E-state index is -3.25. The summed E-state index contributed by atoms with van der Waals surface area (Å²) in [6.07, 6.45) is 0.785. The molecule has 7 heteroatoms. The van der Waals surface area contributed by atoms with Crippen LogP contribution in [-0.4, -0.2) is 39.4 Å². The summed E-state index contributed by atoms with van der Waals surface area (Å²) in [6, 6.07) is 13.8. The summed E-state index contributed by atoms with van der Waals surface area (Å²) in [5.74, 6) is 0.751. The maximum Gasteiger partial charge on any atom is 0.410 e. The lowest BCUT2D eigenvalue weighted by atomic mass is 10.1. The highest BCUT2D eigenvalue weighted by molar-refractivity contribution is 7.90. The molecule has 1 atom stereocenters. The molecule has 0 aliphatic carbocycles. The fraction of sp³-hybridized carbons (Fsp3) is 0.278. The van der Waals surface area contributed by atoms with Gasteiger partial charge in [-0.25, -0.2) is 13.2 Å². The Morgan fingerprint density at radius 3 is 2.32 bits per heavy atom. The summed E-state index contributed by atoms with van der Waals surface area (Å²) in [6.45, 7) is 0.647. The smallest absolute Gasteiger partial charge is 0.410 e. The maximum absolute atomic E-state index is 12.1. The number of hydrogen-bond acceptors (Lipinski definition) is 5. The zero-order valence-corrected chi connectivity index (χ0v) is 14.8. The maximum atomic E-state index is 12.1. The Balaban J connectivity index is 1.81. The van der Waals surface area contributed by atoms with E-state index in [1.54, 1.807) is 36.3 Å². The van der Waals surface area contributed by atoms with Crippen molar-refractivity contribution in [2.75, 3.05) is 20.0 Å². The topological polar surface area (TPSA) is 72.9 Å². The van der Waals surface area contributed by atoms with Crippen LogP contribution in [0.2, 0.25) is 0 Å². The van der Waals surface area contributed by atoms with Crippen LogP contribution in [0.1, 0.15) is 17.2 Å². The van der Waals surface area contributed by atoms with Crippen molar-refractivity contribution in [2.24, 2.45) is 0 Å². The average Bonchev–Trinajstić information content (AvgIpc) is 2.96. The summed E-state index contributed by atoms with van der Waals surface area (Å²) in [7, 11) is -1.65. The molecular weight excluding hydrogens is 342 g/mol. The predicted octanol–water partition coefficient (Wildman–Crippen LogP) is 2.79. The van der Waals surface area contributed by atoms with Gasteiger partial charge in [0.1, 0.15) is 12.4 Å². The lowest BCUT2D eigenvalue weighted by Gasteiger charge is -2.22. The molecule has 1 aliphatic rings. The van der Waals surface area contributed by atoms with E-state index in [0.717, 1.165) is 16.9 Å². The number of cyclic esters (lactones) is 1. The average molecular weight is 361 g/mol. The second-order valence-corrected chi connectivity index (χ2v) is 7.93. The standard InChI is InChI=1S/C18H19NO5S/c1-23-15-7-3-13(4-8-15)11-19-17(12-24-18(19)20)14-5-9-16(10-6-14)25(2,21)22/h3-10,17H,11-12H2,1-2H3/t17-/m0/s1. The molecule has 0 unspecified atom stereocenters. The highest BCUT2D eigenvalue weighted by atomic mass is 32.2. The number of carbonyl (C=O) groups excluding carboxylic acids is 1. The largest absolute Gasteiger partial charge is 0.497 e. The van der Waals surface area contributed by atoms with Crippen molar-refractivity contribution < 1.29 is 22.7 Å². The second kappa shape index (κ2) is 6.76. The summed E-state index contributed by atoms with van der Waals surface area (Å²) in [5, 5.41) is 0. The fourth-order valence-electron chi connectivity index (χ4n) is 2.77. The van der Waals surface area contributed by atoms with E-state index in [0.29, 0.717) is 6.54 Å². The molecule has 3 rings (SSSR count). The van der Waals surface area contributed by atoms with Crippen LogP contribution in [-0.2, 0) is 21.1 Å². The van der Waals surface area contributed by atoms with Gasteiger partial charge in [-0.05, 0) is 35.4 Å². The minimum Gasteiger partial charge on any atom is -0.497 e. The molecular formula is C18H19NO5S. The Bertz CT molecular complexity index is 859. The van der Waals surface area contributed by atoms with Gasteiger partial charge in [0, 0.05) is 12.8 Å². The molecule has 1 saturated heterocycles. The van der Waals surface area contributed by atoms with Gasteiger partial charge in [0.15, 0.2) is 9.84 Å². The molecule has 0 saturated carbocycles. The van der Waals surface area contributed by atoms with E-state index in [-0.39, 0.29) is 23.6 Å². The number of amides is 1. The summed E-state index contributed by atoms with van der Waals surface area (Å²) in [4.78, 5) is 14.0. The zero-order chi connectivity index (χ0) is 18.0. The van der Waals surface area contributed by atoms with Gasteiger partial charge >= 0.3 is 6.09 Å². The van der Waals surface area contributed by atoms with Crippen LogP contribution < -0.4 is 4.74 Å². The second-order valence-electron chi connectivity index (χ2n) is 5.91. The van der Waals surface area contributed by atoms with Gasteiger partial charge in [-0.3, -0.25) is 4.90 Å². The lowest BCUT2D eigenvalue weighted by molar-refractivity contribution is 0.156. The first-order valence-electron chi connectivity index (χ1n) is 7.75. The van der Waals surface area contributed by atoms with Crippen molar-refractivity contribution in [3.8, 4) is 5.75 Å². The number of ether oxygens (including phenoxy) is 2. The molecule has 1 amide bonds. The highest BCUT2D eigenvalue weighted by Crippen LogP contribution is 2.30. The molecule has 1 fully saturated rings. The van der Waals surface area contributed by atoms with E-state index in [1.165, 1.54) is 6.26 Å². The van der Waals surface area contributed by atoms with E-state index in [1.807, 2.05) is 24.3 Å². The number of methoxy groups -OCH3 is 1. The summed E-state index contributed by atoms with van der Waals surface area (Å²) < 4.78 is 33.5. The van der Waals surface area contributed by atoms with E-state index in [4.69, 9.17) is 9.47 Å². The number of benzene rings is 2. The molecule has 0 bridgehead atoms. The van der Waals surface area contributed by atoms with E-state index >= 15 is 0 Å². The third kappa shape index (κ3) is 3.76. The first kappa shape index (κ1) is 17.3. The van der Waals surface area contributed by atoms with Crippen LogP contribution in [0.15, 0.2) is 53.4 Å². The normalized spacial score (nSPS) is 17.4. The Morgan fingerprint density at radius 2 is 1.76 bits per heavy atom. The van der Waals surface area contributed by atoms with Crippen LogP contribution in [0, 0.1) is 0 Å².